The van der Waals surface area contributed by atoms with E-state index in [0.717, 1.165) is 17.2 Å². The third-order valence-electron chi connectivity index (χ3n) is 6.10. The summed E-state index contributed by atoms with van der Waals surface area (Å²) in [4.78, 5) is 28.0. The number of nitrogens with one attached hydrogen (secondary N) is 1. The molecule has 35 heavy (non-hydrogen) atoms. The van der Waals surface area contributed by atoms with Crippen molar-refractivity contribution < 1.29 is 22.8 Å². The minimum Gasteiger partial charge on any atom is -0.354 e. The molecular formula is C27H26F3N3O2. The van der Waals surface area contributed by atoms with Crippen LogP contribution in [0, 0.1) is 17.5 Å². The van der Waals surface area contributed by atoms with Gasteiger partial charge in [0.05, 0.1) is 0 Å². The Morgan fingerprint density at radius 3 is 2.46 bits per heavy atom. The highest BCUT2D eigenvalue weighted by Crippen LogP contribution is 2.33. The number of hydrogen-bond donors (Lipinski definition) is 2. The van der Waals surface area contributed by atoms with E-state index < -0.39 is 29.5 Å². The molecule has 0 saturated carbocycles. The molecule has 5 nitrogen and oxygen atoms in total. The van der Waals surface area contributed by atoms with Crippen LogP contribution < -0.4 is 11.1 Å². The molecule has 1 aliphatic heterocycles. The number of carbonyl (C=O) groups excluding carboxylic acids is 2. The average Bonchev–Trinajstić information content (AvgIpc) is 3.04. The summed E-state index contributed by atoms with van der Waals surface area (Å²) in [6.07, 6.45) is 0.227. The van der Waals surface area contributed by atoms with Gasteiger partial charge in [0.15, 0.2) is 11.6 Å². The number of hydrogen-bond acceptors (Lipinski definition) is 3. The fourth-order valence-corrected chi connectivity index (χ4v) is 4.44. The minimum absolute atomic E-state index is 0.108. The summed E-state index contributed by atoms with van der Waals surface area (Å²) >= 11 is 0. The third-order valence-corrected chi connectivity index (χ3v) is 6.10. The Balaban J connectivity index is 1.60. The summed E-state index contributed by atoms with van der Waals surface area (Å²) in [5.41, 5.74) is 8.45. The van der Waals surface area contributed by atoms with E-state index in [9.17, 15) is 22.8 Å². The Morgan fingerprint density at radius 2 is 1.69 bits per heavy atom. The van der Waals surface area contributed by atoms with Crippen LogP contribution in [0.5, 0.6) is 0 Å². The van der Waals surface area contributed by atoms with Gasteiger partial charge in [-0.3, -0.25) is 9.59 Å². The molecule has 3 aromatic carbocycles. The maximum atomic E-state index is 14.1. The van der Waals surface area contributed by atoms with E-state index in [1.807, 2.05) is 54.6 Å². The molecule has 182 valence electrons. The van der Waals surface area contributed by atoms with Crippen molar-refractivity contribution in [3.63, 3.8) is 0 Å². The predicted octanol–water partition coefficient (Wildman–Crippen LogP) is 4.12. The van der Waals surface area contributed by atoms with Crippen LogP contribution in [0.25, 0.3) is 11.1 Å². The van der Waals surface area contributed by atoms with Gasteiger partial charge in [-0.15, -0.1) is 0 Å². The van der Waals surface area contributed by atoms with Crippen molar-refractivity contribution in [3.05, 3.63) is 95.3 Å². The minimum atomic E-state index is -1.29. The molecule has 8 heteroatoms. The van der Waals surface area contributed by atoms with Crippen LogP contribution in [0.2, 0.25) is 0 Å². The Kier molecular flexibility index (Phi) is 7.51. The van der Waals surface area contributed by atoms with Crippen molar-refractivity contribution in [2.45, 2.75) is 31.3 Å². The molecule has 0 aliphatic carbocycles. The summed E-state index contributed by atoms with van der Waals surface area (Å²) in [7, 11) is 0. The quantitative estimate of drug-likeness (QED) is 0.520. The summed E-state index contributed by atoms with van der Waals surface area (Å²) in [5.74, 6) is -4.05. The smallest absolute Gasteiger partial charge is 0.247 e. The first-order valence-electron chi connectivity index (χ1n) is 11.5. The largest absolute Gasteiger partial charge is 0.354 e. The highest BCUT2D eigenvalue weighted by atomic mass is 19.2. The molecule has 0 aromatic heterocycles. The molecule has 0 radical (unpaired) electrons. The van der Waals surface area contributed by atoms with Gasteiger partial charge in [-0.05, 0) is 41.2 Å². The van der Waals surface area contributed by atoms with Gasteiger partial charge in [-0.2, -0.15) is 0 Å². The number of benzene rings is 3. The molecule has 4 rings (SSSR count). The molecule has 1 fully saturated rings. The van der Waals surface area contributed by atoms with Crippen LogP contribution in [-0.2, 0) is 16.0 Å². The zero-order chi connectivity index (χ0) is 24.9. The predicted molar refractivity (Wildman–Crippen MR) is 127 cm³/mol. The Labute approximate surface area is 201 Å². The van der Waals surface area contributed by atoms with Gasteiger partial charge in [0.1, 0.15) is 11.9 Å². The highest BCUT2D eigenvalue weighted by molar-refractivity contribution is 5.91. The second kappa shape index (κ2) is 10.7. The third kappa shape index (κ3) is 5.54. The van der Waals surface area contributed by atoms with Crippen LogP contribution in [0.4, 0.5) is 13.2 Å². The molecular weight excluding hydrogens is 455 g/mol. The summed E-state index contributed by atoms with van der Waals surface area (Å²) in [6, 6.07) is 16.5. The molecule has 1 unspecified atom stereocenters. The van der Waals surface area contributed by atoms with Crippen LogP contribution in [0.1, 0.15) is 30.0 Å². The van der Waals surface area contributed by atoms with Crippen LogP contribution in [0.15, 0.2) is 66.7 Å². The molecule has 3 N–H and O–H groups in total. The summed E-state index contributed by atoms with van der Waals surface area (Å²) < 4.78 is 40.9. The van der Waals surface area contributed by atoms with E-state index in [1.165, 1.54) is 4.90 Å². The number of carbonyl (C=O) groups is 2. The first kappa shape index (κ1) is 24.5. The molecule has 2 amide bonds. The second-order valence-corrected chi connectivity index (χ2v) is 8.61. The fraction of sp³-hybridized carbons (Fsp3) is 0.259. The number of halogens is 3. The molecule has 0 spiro atoms. The van der Waals surface area contributed by atoms with Gasteiger partial charge in [-0.25, -0.2) is 13.2 Å². The molecule has 1 aliphatic rings. The lowest BCUT2D eigenvalue weighted by Crippen LogP contribution is -2.43. The van der Waals surface area contributed by atoms with Crippen molar-refractivity contribution in [3.8, 4) is 11.1 Å². The number of nitrogens with zero attached hydrogens (tertiary/aromatic N) is 1. The molecule has 0 bridgehead atoms. The van der Waals surface area contributed by atoms with Gasteiger partial charge in [0, 0.05) is 31.6 Å². The van der Waals surface area contributed by atoms with Gasteiger partial charge in [0.25, 0.3) is 0 Å². The standard InChI is InChI=1S/C27H26F3N3O2/c28-22-16-24(30)23(29)14-18(22)13-19(31)15-25(34)33-12-6-11-32-27(35)26(33)21-10-5-4-9-20(21)17-7-2-1-3-8-17/h1-5,7-10,14,16,19,26H,6,11-13,15,31H2,(H,32,35)/t19-,26?/m1/s1. The molecule has 2 atom stereocenters. The van der Waals surface area contributed by atoms with E-state index in [2.05, 4.69) is 5.32 Å². The number of amides is 2. The lowest BCUT2D eigenvalue weighted by Gasteiger charge is -2.31. The van der Waals surface area contributed by atoms with Crippen molar-refractivity contribution in [1.82, 2.24) is 10.2 Å². The Bertz CT molecular complexity index is 1220. The number of nitrogens with two attached hydrogens (primary N) is 1. The Morgan fingerprint density at radius 1 is 1.00 bits per heavy atom. The van der Waals surface area contributed by atoms with Crippen molar-refractivity contribution in [1.29, 1.82) is 0 Å². The van der Waals surface area contributed by atoms with E-state index in [0.29, 0.717) is 31.1 Å². The molecule has 1 heterocycles. The van der Waals surface area contributed by atoms with E-state index >= 15 is 0 Å². The summed E-state index contributed by atoms with van der Waals surface area (Å²) in [5, 5.41) is 2.88. The summed E-state index contributed by atoms with van der Waals surface area (Å²) in [6.45, 7) is 0.760. The zero-order valence-electron chi connectivity index (χ0n) is 19.0. The topological polar surface area (TPSA) is 75.4 Å². The average molecular weight is 482 g/mol. The van der Waals surface area contributed by atoms with Crippen LogP contribution in [0.3, 0.4) is 0 Å². The highest BCUT2D eigenvalue weighted by Gasteiger charge is 2.35. The lowest BCUT2D eigenvalue weighted by atomic mass is 9.93. The van der Waals surface area contributed by atoms with Crippen molar-refractivity contribution in [2.24, 2.45) is 5.73 Å². The van der Waals surface area contributed by atoms with E-state index in [1.54, 1.807) is 0 Å². The van der Waals surface area contributed by atoms with Crippen LogP contribution >= 0.6 is 0 Å². The van der Waals surface area contributed by atoms with E-state index in [4.69, 9.17) is 5.73 Å². The van der Waals surface area contributed by atoms with Gasteiger partial charge in [0.2, 0.25) is 11.8 Å². The zero-order valence-corrected chi connectivity index (χ0v) is 19.0. The van der Waals surface area contributed by atoms with E-state index in [-0.39, 0.29) is 30.2 Å². The fourth-order valence-electron chi connectivity index (χ4n) is 4.44. The normalized spacial score (nSPS) is 17.0. The maximum Gasteiger partial charge on any atom is 0.247 e. The second-order valence-electron chi connectivity index (χ2n) is 8.61. The van der Waals surface area contributed by atoms with Gasteiger partial charge in [-0.1, -0.05) is 54.6 Å². The monoisotopic (exact) mass is 481 g/mol. The molecule has 3 aromatic rings. The molecule has 1 saturated heterocycles. The maximum absolute atomic E-state index is 14.1. The Hall–Kier alpha value is -3.65. The first-order chi connectivity index (χ1) is 16.8. The van der Waals surface area contributed by atoms with Crippen molar-refractivity contribution in [2.75, 3.05) is 13.1 Å². The number of rotatable bonds is 6. The van der Waals surface area contributed by atoms with Crippen molar-refractivity contribution >= 4 is 11.8 Å². The van der Waals surface area contributed by atoms with Crippen LogP contribution in [-0.4, -0.2) is 35.8 Å². The van der Waals surface area contributed by atoms with Gasteiger partial charge >= 0.3 is 0 Å². The lowest BCUT2D eigenvalue weighted by molar-refractivity contribution is -0.140. The SMILES string of the molecule is N[C@@H](CC(=O)N1CCCNC(=O)C1c1ccccc1-c1ccccc1)Cc1cc(F)c(F)cc1F. The first-order valence-corrected chi connectivity index (χ1v) is 11.5. The van der Waals surface area contributed by atoms with Gasteiger partial charge < -0.3 is 16.0 Å².